The number of nitriles is 1. The molecule has 0 bridgehead atoms. The second-order valence-corrected chi connectivity index (χ2v) is 9.13. The lowest BCUT2D eigenvalue weighted by Gasteiger charge is -2.24. The summed E-state index contributed by atoms with van der Waals surface area (Å²) in [5, 5.41) is 12.3. The Hall–Kier alpha value is -3.71. The van der Waals surface area contributed by atoms with Crippen LogP contribution < -0.4 is 10.1 Å². The maximum absolute atomic E-state index is 14.5. The van der Waals surface area contributed by atoms with Crippen molar-refractivity contribution in [1.82, 2.24) is 0 Å². The van der Waals surface area contributed by atoms with Gasteiger partial charge in [-0.15, -0.1) is 0 Å². The van der Waals surface area contributed by atoms with Crippen LogP contribution in [-0.2, 0) is 9.53 Å². The molecule has 0 aromatic heterocycles. The van der Waals surface area contributed by atoms with Crippen LogP contribution in [0.15, 0.2) is 77.7 Å². The summed E-state index contributed by atoms with van der Waals surface area (Å²) in [6.07, 6.45) is -1.27. The fourth-order valence-corrected chi connectivity index (χ4v) is 3.77. The molecule has 5 nitrogen and oxygen atoms in total. The first-order valence-corrected chi connectivity index (χ1v) is 11.6. The van der Waals surface area contributed by atoms with Crippen LogP contribution in [0.4, 0.5) is 23.2 Å². The molecule has 3 rings (SSSR count). The van der Waals surface area contributed by atoms with Gasteiger partial charge in [0.15, 0.2) is 0 Å². The second-order valence-electron chi connectivity index (χ2n) is 7.99. The van der Waals surface area contributed by atoms with E-state index in [4.69, 9.17) is 9.47 Å². The number of carbonyl (C=O) groups excluding carboxylic acids is 1. The van der Waals surface area contributed by atoms with Crippen molar-refractivity contribution in [3.05, 3.63) is 84.2 Å². The van der Waals surface area contributed by atoms with Gasteiger partial charge in [0, 0.05) is 10.5 Å². The van der Waals surface area contributed by atoms with E-state index in [-0.39, 0.29) is 10.6 Å². The number of alkyl halides is 3. The summed E-state index contributed by atoms with van der Waals surface area (Å²) in [6.45, 7) is 3.36. The molecule has 3 aromatic carbocycles. The molecule has 0 spiro atoms. The fourth-order valence-electron chi connectivity index (χ4n) is 3.20. The fraction of sp³-hybridized carbons (Fsp3) is 0.231. The van der Waals surface area contributed by atoms with Gasteiger partial charge in [0.2, 0.25) is 6.10 Å². The van der Waals surface area contributed by atoms with Gasteiger partial charge in [-0.05, 0) is 60.1 Å². The third-order valence-electron chi connectivity index (χ3n) is 4.90. The van der Waals surface area contributed by atoms with Crippen LogP contribution in [0.1, 0.15) is 25.5 Å². The van der Waals surface area contributed by atoms with Gasteiger partial charge < -0.3 is 14.8 Å². The zero-order valence-electron chi connectivity index (χ0n) is 19.3. The van der Waals surface area contributed by atoms with Crippen LogP contribution in [-0.4, -0.2) is 17.5 Å². The molecule has 3 aromatic rings. The number of hydrogen-bond acceptors (Lipinski definition) is 6. The highest BCUT2D eigenvalue weighted by molar-refractivity contribution is 8.00. The Bertz CT molecular complexity index is 1230. The highest BCUT2D eigenvalue weighted by Gasteiger charge is 2.31. The Balaban J connectivity index is 1.73. The molecule has 188 valence electrons. The molecular formula is C26H22F4N2O3S. The Morgan fingerprint density at radius 3 is 2.31 bits per heavy atom. The van der Waals surface area contributed by atoms with E-state index in [9.17, 15) is 27.6 Å². The predicted octanol–water partition coefficient (Wildman–Crippen LogP) is 7.47. The minimum absolute atomic E-state index is 0.163. The molecule has 2 unspecified atom stereocenters. The average Bonchev–Trinajstić information content (AvgIpc) is 2.81. The zero-order valence-corrected chi connectivity index (χ0v) is 20.1. The van der Waals surface area contributed by atoms with Gasteiger partial charge in [0.05, 0.1) is 5.69 Å². The Kier molecular flexibility index (Phi) is 8.83. The minimum atomic E-state index is -4.55. The standard InChI is InChI=1S/C26H22F4N2O3S/c1-16(2)24(32-22-12-11-20(14-21(22)27)36-26(28,29)30)25(33)35-23(15-31)17-7-6-10-19(13-17)34-18-8-4-3-5-9-18/h3-14,16,23-24,32H,1-2H3. The van der Waals surface area contributed by atoms with Crippen molar-refractivity contribution in [2.45, 2.75) is 36.4 Å². The lowest BCUT2D eigenvalue weighted by Crippen LogP contribution is -2.37. The molecule has 0 amide bonds. The van der Waals surface area contributed by atoms with E-state index in [0.717, 1.165) is 18.2 Å². The summed E-state index contributed by atoms with van der Waals surface area (Å²) >= 11 is -0.440. The molecule has 0 radical (unpaired) electrons. The molecule has 2 atom stereocenters. The van der Waals surface area contributed by atoms with Gasteiger partial charge in [-0.25, -0.2) is 9.18 Å². The van der Waals surface area contributed by atoms with Crippen LogP contribution in [0.25, 0.3) is 0 Å². The summed E-state index contributed by atoms with van der Waals surface area (Å²) in [7, 11) is 0. The number of nitrogens with one attached hydrogen (secondary N) is 1. The number of rotatable bonds is 9. The van der Waals surface area contributed by atoms with Crippen LogP contribution >= 0.6 is 11.8 Å². The first-order chi connectivity index (χ1) is 17.1. The third kappa shape index (κ3) is 7.65. The lowest BCUT2D eigenvalue weighted by molar-refractivity contribution is -0.148. The summed E-state index contributed by atoms with van der Waals surface area (Å²) in [5.41, 5.74) is -4.34. The number of nitrogens with zero attached hydrogens (tertiary/aromatic N) is 1. The molecule has 0 heterocycles. The molecule has 0 saturated heterocycles. The molecule has 0 aliphatic rings. The van der Waals surface area contributed by atoms with Gasteiger partial charge in [-0.2, -0.15) is 18.4 Å². The molecule has 0 aliphatic heterocycles. The normalized spacial score (nSPS) is 12.9. The molecular weight excluding hydrogens is 496 g/mol. The Labute approximate surface area is 210 Å². The van der Waals surface area contributed by atoms with Crippen molar-refractivity contribution < 1.29 is 31.8 Å². The smallest absolute Gasteiger partial charge is 0.446 e. The molecule has 0 saturated carbocycles. The third-order valence-corrected chi connectivity index (χ3v) is 5.62. The number of hydrogen-bond donors (Lipinski definition) is 1. The summed E-state index contributed by atoms with van der Waals surface area (Å²) in [6, 6.07) is 19.3. The van der Waals surface area contributed by atoms with E-state index in [1.54, 1.807) is 50.2 Å². The number of para-hydroxylation sites is 1. The van der Waals surface area contributed by atoms with Crippen molar-refractivity contribution in [2.75, 3.05) is 5.32 Å². The van der Waals surface area contributed by atoms with E-state index >= 15 is 0 Å². The predicted molar refractivity (Wildman–Crippen MR) is 128 cm³/mol. The maximum atomic E-state index is 14.5. The topological polar surface area (TPSA) is 71.3 Å². The molecule has 10 heteroatoms. The van der Waals surface area contributed by atoms with Gasteiger partial charge >= 0.3 is 11.5 Å². The first-order valence-electron chi connectivity index (χ1n) is 10.8. The number of benzene rings is 3. The van der Waals surface area contributed by atoms with Gasteiger partial charge in [-0.3, -0.25) is 0 Å². The van der Waals surface area contributed by atoms with E-state index in [1.807, 2.05) is 24.3 Å². The van der Waals surface area contributed by atoms with Gasteiger partial charge in [0.25, 0.3) is 0 Å². The van der Waals surface area contributed by atoms with Crippen LogP contribution in [0, 0.1) is 23.1 Å². The number of anilines is 1. The molecule has 1 N–H and O–H groups in total. The lowest BCUT2D eigenvalue weighted by atomic mass is 10.0. The zero-order chi connectivity index (χ0) is 26.3. The van der Waals surface area contributed by atoms with Crippen LogP contribution in [0.2, 0.25) is 0 Å². The quantitative estimate of drug-likeness (QED) is 0.180. The van der Waals surface area contributed by atoms with E-state index in [2.05, 4.69) is 5.32 Å². The van der Waals surface area contributed by atoms with Gasteiger partial charge in [0.1, 0.15) is 29.4 Å². The highest BCUT2D eigenvalue weighted by Crippen LogP contribution is 2.38. The molecule has 36 heavy (non-hydrogen) atoms. The first kappa shape index (κ1) is 26.9. The highest BCUT2D eigenvalue weighted by atomic mass is 32.2. The van der Waals surface area contributed by atoms with Crippen LogP contribution in [0.3, 0.4) is 0 Å². The molecule has 0 fully saturated rings. The van der Waals surface area contributed by atoms with E-state index in [1.165, 1.54) is 0 Å². The van der Waals surface area contributed by atoms with Gasteiger partial charge in [-0.1, -0.05) is 44.2 Å². The number of esters is 1. The summed E-state index contributed by atoms with van der Waals surface area (Å²) in [5.74, 6) is -1.14. The number of thioether (sulfide) groups is 1. The minimum Gasteiger partial charge on any atom is -0.457 e. The summed E-state index contributed by atoms with van der Waals surface area (Å²) < 4.78 is 63.3. The number of halogens is 4. The second kappa shape index (κ2) is 11.8. The van der Waals surface area contributed by atoms with E-state index < -0.39 is 47.1 Å². The van der Waals surface area contributed by atoms with Crippen molar-refractivity contribution in [3.63, 3.8) is 0 Å². The number of ether oxygens (including phenoxy) is 2. The monoisotopic (exact) mass is 518 g/mol. The SMILES string of the molecule is CC(C)C(Nc1ccc(SC(F)(F)F)cc1F)C(=O)OC(C#N)c1cccc(Oc2ccccc2)c1. The maximum Gasteiger partial charge on any atom is 0.446 e. The van der Waals surface area contributed by atoms with Crippen molar-refractivity contribution >= 4 is 23.4 Å². The largest absolute Gasteiger partial charge is 0.457 e. The van der Waals surface area contributed by atoms with Crippen LogP contribution in [0.5, 0.6) is 11.5 Å². The Morgan fingerprint density at radius 1 is 1.00 bits per heavy atom. The average molecular weight is 519 g/mol. The van der Waals surface area contributed by atoms with Crippen molar-refractivity contribution in [3.8, 4) is 17.6 Å². The van der Waals surface area contributed by atoms with E-state index in [0.29, 0.717) is 17.1 Å². The number of carbonyl (C=O) groups is 1. The molecule has 0 aliphatic carbocycles. The Morgan fingerprint density at radius 2 is 1.69 bits per heavy atom. The summed E-state index contributed by atoms with van der Waals surface area (Å²) in [4.78, 5) is 12.6. The van der Waals surface area contributed by atoms with Crippen molar-refractivity contribution in [2.24, 2.45) is 5.92 Å². The van der Waals surface area contributed by atoms with Crippen molar-refractivity contribution in [1.29, 1.82) is 5.26 Å².